The molecule has 0 amide bonds. The van der Waals surface area contributed by atoms with Gasteiger partial charge in [0, 0.05) is 37.7 Å². The lowest BCUT2D eigenvalue weighted by atomic mass is 9.89. The monoisotopic (exact) mass is 407 g/mol. The molecule has 0 unspecified atom stereocenters. The first-order valence-corrected chi connectivity index (χ1v) is 9.74. The minimum atomic E-state index is -0.632. The number of rotatable bonds is 7. The van der Waals surface area contributed by atoms with Gasteiger partial charge in [0.15, 0.2) is 5.78 Å². The van der Waals surface area contributed by atoms with Crippen LogP contribution in [0.4, 0.5) is 8.78 Å². The lowest BCUT2D eigenvalue weighted by molar-refractivity contribution is -0.114. The van der Waals surface area contributed by atoms with Crippen LogP contribution in [0.3, 0.4) is 0 Å². The maximum Gasteiger partial charge on any atom is 0.253 e. The Morgan fingerprint density at radius 3 is 2.47 bits per heavy atom. The van der Waals surface area contributed by atoms with Crippen molar-refractivity contribution in [1.29, 1.82) is 0 Å². The van der Waals surface area contributed by atoms with E-state index in [1.165, 1.54) is 22.8 Å². The number of nitrogens with zero attached hydrogens (tertiary/aromatic N) is 1. The smallest absolute Gasteiger partial charge is 0.253 e. The number of pyridine rings is 1. The molecule has 0 N–H and O–H groups in total. The van der Waals surface area contributed by atoms with Crippen molar-refractivity contribution in [3.8, 4) is 11.1 Å². The zero-order valence-electron chi connectivity index (χ0n) is 17.0. The number of hydrogen-bond acceptors (Lipinski definition) is 2. The van der Waals surface area contributed by atoms with Gasteiger partial charge in [0.1, 0.15) is 11.6 Å². The van der Waals surface area contributed by atoms with Gasteiger partial charge in [0.2, 0.25) is 0 Å². The number of allylic oxidation sites excluding steroid dienone is 1. The fraction of sp³-hybridized carbons (Fsp3) is 0.200. The van der Waals surface area contributed by atoms with Gasteiger partial charge < -0.3 is 4.57 Å². The highest BCUT2D eigenvalue weighted by Gasteiger charge is 2.16. The highest BCUT2D eigenvalue weighted by molar-refractivity contribution is 5.92. The predicted octanol–water partition coefficient (Wildman–Crippen LogP) is 4.78. The quantitative estimate of drug-likeness (QED) is 0.529. The molecule has 3 aromatic rings. The van der Waals surface area contributed by atoms with E-state index in [0.717, 1.165) is 28.3 Å². The first-order valence-electron chi connectivity index (χ1n) is 9.74. The van der Waals surface area contributed by atoms with Crippen molar-refractivity contribution < 1.29 is 13.6 Å². The van der Waals surface area contributed by atoms with E-state index in [1.54, 1.807) is 13.2 Å². The average molecular weight is 407 g/mol. The molecule has 0 atom stereocenters. The average Bonchev–Trinajstić information content (AvgIpc) is 2.72. The van der Waals surface area contributed by atoms with E-state index in [2.05, 4.69) is 6.58 Å². The van der Waals surface area contributed by atoms with Crippen LogP contribution in [0.5, 0.6) is 0 Å². The second-order valence-corrected chi connectivity index (χ2v) is 7.23. The van der Waals surface area contributed by atoms with Crippen LogP contribution in [0, 0.1) is 11.6 Å². The topological polar surface area (TPSA) is 39.1 Å². The zero-order valence-corrected chi connectivity index (χ0v) is 17.0. The van der Waals surface area contributed by atoms with Crippen molar-refractivity contribution in [2.24, 2.45) is 7.05 Å². The van der Waals surface area contributed by atoms with Crippen LogP contribution in [0.25, 0.3) is 11.1 Å². The number of benzene rings is 2. The van der Waals surface area contributed by atoms with E-state index in [-0.39, 0.29) is 24.2 Å². The molecular formula is C25H23F2NO2. The van der Waals surface area contributed by atoms with Gasteiger partial charge in [-0.25, -0.2) is 8.78 Å². The number of hydrogen-bond donors (Lipinski definition) is 0. The number of ketones is 1. The van der Waals surface area contributed by atoms with Crippen molar-refractivity contribution in [2.75, 3.05) is 0 Å². The summed E-state index contributed by atoms with van der Waals surface area (Å²) in [4.78, 5) is 24.5. The van der Waals surface area contributed by atoms with Crippen molar-refractivity contribution >= 4 is 5.78 Å². The van der Waals surface area contributed by atoms with E-state index in [0.29, 0.717) is 17.5 Å². The molecule has 1 aromatic heterocycles. The molecule has 5 heteroatoms. The SMILES string of the molecule is C=CC(=O)Cc1cccc(Cc2ccc(F)cc2F)c1-c1cc(CC)c(=O)n(C)c1. The molecule has 0 aliphatic rings. The Bertz CT molecular complexity index is 1180. The summed E-state index contributed by atoms with van der Waals surface area (Å²) in [6, 6.07) is 10.9. The number of aryl methyl sites for hydroxylation is 2. The lowest BCUT2D eigenvalue weighted by Crippen LogP contribution is -2.20. The second-order valence-electron chi connectivity index (χ2n) is 7.23. The van der Waals surface area contributed by atoms with Gasteiger partial charge in [0.25, 0.3) is 5.56 Å². The summed E-state index contributed by atoms with van der Waals surface area (Å²) in [5, 5.41) is 0. The first-order chi connectivity index (χ1) is 14.3. The standard InChI is InChI=1S/C25H23F2NO2/c1-4-16-11-20(15-28(3)25(16)30)24-18(7-6-8-19(24)13-22(29)5-2)12-17-9-10-21(26)14-23(17)27/h5-11,14-15H,2,4,12-13H2,1,3H3. The molecule has 154 valence electrons. The molecule has 3 nitrogen and oxygen atoms in total. The summed E-state index contributed by atoms with van der Waals surface area (Å²) in [6.45, 7) is 5.45. The van der Waals surface area contributed by atoms with Gasteiger partial charge in [-0.3, -0.25) is 9.59 Å². The van der Waals surface area contributed by atoms with Crippen LogP contribution in [0.15, 0.2) is 66.1 Å². The van der Waals surface area contributed by atoms with Gasteiger partial charge in [-0.1, -0.05) is 37.8 Å². The summed E-state index contributed by atoms with van der Waals surface area (Å²) < 4.78 is 29.2. The molecule has 0 saturated heterocycles. The normalized spacial score (nSPS) is 10.8. The molecule has 1 heterocycles. The van der Waals surface area contributed by atoms with E-state index >= 15 is 0 Å². The first kappa shape index (κ1) is 21.4. The molecule has 0 aliphatic carbocycles. The molecule has 3 rings (SSSR count). The largest absolute Gasteiger partial charge is 0.318 e. The van der Waals surface area contributed by atoms with Crippen LogP contribution in [-0.4, -0.2) is 10.4 Å². The summed E-state index contributed by atoms with van der Waals surface area (Å²) in [6.07, 6.45) is 3.93. The van der Waals surface area contributed by atoms with Crippen molar-refractivity contribution in [1.82, 2.24) is 4.57 Å². The van der Waals surface area contributed by atoms with Crippen molar-refractivity contribution in [3.63, 3.8) is 0 Å². The highest BCUT2D eigenvalue weighted by Crippen LogP contribution is 2.31. The summed E-state index contributed by atoms with van der Waals surface area (Å²) in [7, 11) is 1.68. The fourth-order valence-electron chi connectivity index (χ4n) is 3.62. The number of aromatic nitrogens is 1. The maximum absolute atomic E-state index is 14.3. The van der Waals surface area contributed by atoms with Gasteiger partial charge in [-0.15, -0.1) is 0 Å². The van der Waals surface area contributed by atoms with Crippen LogP contribution in [0.1, 0.15) is 29.2 Å². The van der Waals surface area contributed by atoms with E-state index < -0.39 is 11.6 Å². The van der Waals surface area contributed by atoms with Crippen LogP contribution >= 0.6 is 0 Å². The molecule has 0 fully saturated rings. The predicted molar refractivity (Wildman–Crippen MR) is 115 cm³/mol. The zero-order chi connectivity index (χ0) is 21.8. The molecule has 0 aliphatic heterocycles. The molecule has 2 aromatic carbocycles. The van der Waals surface area contributed by atoms with Crippen molar-refractivity contribution in [2.45, 2.75) is 26.2 Å². The number of halogens is 2. The van der Waals surface area contributed by atoms with Crippen LogP contribution < -0.4 is 5.56 Å². The lowest BCUT2D eigenvalue weighted by Gasteiger charge is -2.17. The van der Waals surface area contributed by atoms with Crippen molar-refractivity contribution in [3.05, 3.63) is 106 Å². The Morgan fingerprint density at radius 2 is 1.80 bits per heavy atom. The third-order valence-corrected chi connectivity index (χ3v) is 5.15. The molecule has 0 radical (unpaired) electrons. The Balaban J connectivity index is 2.22. The second kappa shape index (κ2) is 8.99. The number of carbonyl (C=O) groups is 1. The van der Waals surface area contributed by atoms with Gasteiger partial charge >= 0.3 is 0 Å². The van der Waals surface area contributed by atoms with Crippen LogP contribution in [0.2, 0.25) is 0 Å². The Kier molecular flexibility index (Phi) is 6.40. The fourth-order valence-corrected chi connectivity index (χ4v) is 3.62. The van der Waals surface area contributed by atoms with Gasteiger partial charge in [-0.05, 0) is 52.4 Å². The summed E-state index contributed by atoms with van der Waals surface area (Å²) in [5.41, 5.74) is 4.04. The molecule has 30 heavy (non-hydrogen) atoms. The highest BCUT2D eigenvalue weighted by atomic mass is 19.1. The van der Waals surface area contributed by atoms with E-state index in [1.807, 2.05) is 31.2 Å². The minimum absolute atomic E-state index is 0.0768. The molecule has 0 spiro atoms. The minimum Gasteiger partial charge on any atom is -0.318 e. The summed E-state index contributed by atoms with van der Waals surface area (Å²) in [5.74, 6) is -1.39. The van der Waals surface area contributed by atoms with Crippen LogP contribution in [-0.2, 0) is 31.1 Å². The third kappa shape index (κ3) is 4.46. The van der Waals surface area contributed by atoms with E-state index in [9.17, 15) is 18.4 Å². The Hall–Kier alpha value is -3.34. The van der Waals surface area contributed by atoms with E-state index in [4.69, 9.17) is 0 Å². The third-order valence-electron chi connectivity index (χ3n) is 5.15. The Morgan fingerprint density at radius 1 is 1.07 bits per heavy atom. The Labute approximate surface area is 174 Å². The maximum atomic E-state index is 14.3. The van der Waals surface area contributed by atoms with Gasteiger partial charge in [0.05, 0.1) is 0 Å². The molecule has 0 bridgehead atoms. The summed E-state index contributed by atoms with van der Waals surface area (Å²) >= 11 is 0. The molecular weight excluding hydrogens is 384 g/mol. The molecule has 0 saturated carbocycles. The van der Waals surface area contributed by atoms with Gasteiger partial charge in [-0.2, -0.15) is 0 Å². The number of carbonyl (C=O) groups excluding carboxylic acids is 1.